The Balaban J connectivity index is 1.59. The zero-order valence-electron chi connectivity index (χ0n) is 17.7. The predicted molar refractivity (Wildman–Crippen MR) is 117 cm³/mol. The Labute approximate surface area is 192 Å². The predicted octanol–water partition coefficient (Wildman–Crippen LogP) is 4.14. The number of rotatable bonds is 3. The Morgan fingerprint density at radius 2 is 1.85 bits per heavy atom. The molecule has 5 rings (SSSR count). The number of nitrogens with zero attached hydrogens (tertiary/aromatic N) is 4. The van der Waals surface area contributed by atoms with Gasteiger partial charge in [0.05, 0.1) is 22.7 Å². The molecule has 1 aliphatic heterocycles. The minimum absolute atomic E-state index is 0.0438. The maximum absolute atomic E-state index is 14.5. The number of anilines is 2. The van der Waals surface area contributed by atoms with Crippen molar-refractivity contribution in [3.63, 3.8) is 0 Å². The lowest BCUT2D eigenvalue weighted by molar-refractivity contribution is -0.0688. The van der Waals surface area contributed by atoms with Crippen LogP contribution >= 0.6 is 0 Å². The number of benzene rings is 1. The lowest BCUT2D eigenvalue weighted by Gasteiger charge is -2.43. The van der Waals surface area contributed by atoms with Gasteiger partial charge in [-0.05, 0) is 37.1 Å². The SMILES string of the molecule is NS(=O)(=O)c1ccc(Nc2ncc3cc4n(c3n2)C2(CCCCC2)C(C(F)(F)F)=NC4)c(F)c1. The summed E-state index contributed by atoms with van der Waals surface area (Å²) in [4.78, 5) is 12.1. The Kier molecular flexibility index (Phi) is 5.17. The first-order valence-electron chi connectivity index (χ1n) is 10.6. The van der Waals surface area contributed by atoms with Gasteiger partial charge in [-0.3, -0.25) is 4.99 Å². The molecule has 0 bridgehead atoms. The molecule has 2 aliphatic rings. The van der Waals surface area contributed by atoms with Crippen LogP contribution in [0.3, 0.4) is 0 Å². The van der Waals surface area contributed by atoms with E-state index >= 15 is 0 Å². The molecule has 1 spiro atoms. The number of nitrogens with one attached hydrogen (secondary N) is 1. The van der Waals surface area contributed by atoms with E-state index in [-0.39, 0.29) is 18.2 Å². The van der Waals surface area contributed by atoms with E-state index in [2.05, 4.69) is 20.3 Å². The van der Waals surface area contributed by atoms with Crippen molar-refractivity contribution in [2.75, 3.05) is 5.32 Å². The van der Waals surface area contributed by atoms with Crippen LogP contribution in [-0.4, -0.2) is 34.8 Å². The first-order valence-corrected chi connectivity index (χ1v) is 12.1. The molecule has 8 nitrogen and oxygen atoms in total. The molecule has 0 amide bonds. The normalized spacial score (nSPS) is 18.1. The van der Waals surface area contributed by atoms with Gasteiger partial charge in [-0.15, -0.1) is 0 Å². The molecule has 0 saturated heterocycles. The molecule has 1 aliphatic carbocycles. The first-order chi connectivity index (χ1) is 16.0. The van der Waals surface area contributed by atoms with Crippen LogP contribution in [0.2, 0.25) is 0 Å². The molecule has 3 N–H and O–H groups in total. The minimum Gasteiger partial charge on any atom is -0.322 e. The molecule has 1 aromatic carbocycles. The molecule has 34 heavy (non-hydrogen) atoms. The number of sulfonamides is 1. The molecule has 13 heteroatoms. The highest BCUT2D eigenvalue weighted by Crippen LogP contribution is 2.46. The third kappa shape index (κ3) is 3.72. The Hall–Kier alpha value is -3.06. The lowest BCUT2D eigenvalue weighted by atomic mass is 9.76. The number of primary sulfonamides is 1. The first kappa shape index (κ1) is 22.7. The maximum Gasteiger partial charge on any atom is 0.431 e. The molecule has 0 radical (unpaired) electrons. The lowest BCUT2D eigenvalue weighted by Crippen LogP contribution is -2.52. The summed E-state index contributed by atoms with van der Waals surface area (Å²) in [6.07, 6.45) is -0.434. The molecule has 3 aromatic rings. The third-order valence-corrected chi connectivity index (χ3v) is 7.26. The molecule has 180 valence electrons. The monoisotopic (exact) mass is 496 g/mol. The highest BCUT2D eigenvalue weighted by atomic mass is 32.2. The summed E-state index contributed by atoms with van der Waals surface area (Å²) in [6, 6.07) is 4.79. The van der Waals surface area contributed by atoms with Gasteiger partial charge in [-0.25, -0.2) is 22.9 Å². The van der Waals surface area contributed by atoms with Crippen molar-refractivity contribution in [1.29, 1.82) is 0 Å². The van der Waals surface area contributed by atoms with Crippen LogP contribution in [-0.2, 0) is 22.1 Å². The zero-order chi connectivity index (χ0) is 24.3. The van der Waals surface area contributed by atoms with E-state index in [0.717, 1.165) is 18.6 Å². The second-order valence-corrected chi connectivity index (χ2v) is 10.1. The van der Waals surface area contributed by atoms with Crippen LogP contribution < -0.4 is 10.5 Å². The van der Waals surface area contributed by atoms with E-state index in [1.54, 1.807) is 10.6 Å². The van der Waals surface area contributed by atoms with Crippen molar-refractivity contribution >= 4 is 38.4 Å². The van der Waals surface area contributed by atoms with E-state index < -0.39 is 38.2 Å². The zero-order valence-corrected chi connectivity index (χ0v) is 18.5. The van der Waals surface area contributed by atoms with Crippen LogP contribution in [0.15, 0.2) is 40.4 Å². The fraction of sp³-hybridized carbons (Fsp3) is 0.381. The fourth-order valence-corrected chi connectivity index (χ4v) is 5.48. The second kappa shape index (κ2) is 7.73. The van der Waals surface area contributed by atoms with Crippen LogP contribution in [0.25, 0.3) is 11.0 Å². The second-order valence-electron chi connectivity index (χ2n) is 8.51. The summed E-state index contributed by atoms with van der Waals surface area (Å²) in [7, 11) is -4.09. The van der Waals surface area contributed by atoms with E-state index in [1.165, 1.54) is 12.3 Å². The van der Waals surface area contributed by atoms with Crippen molar-refractivity contribution < 1.29 is 26.0 Å². The number of aromatic nitrogens is 3. The molecule has 1 saturated carbocycles. The molecular formula is C21H20F4N6O2S. The van der Waals surface area contributed by atoms with Gasteiger partial charge in [0.15, 0.2) is 0 Å². The van der Waals surface area contributed by atoms with Gasteiger partial charge in [0.2, 0.25) is 16.0 Å². The minimum atomic E-state index is -4.58. The molecule has 0 unspecified atom stereocenters. The smallest absolute Gasteiger partial charge is 0.322 e. The molecule has 2 aromatic heterocycles. The number of nitrogens with two attached hydrogens (primary N) is 1. The number of halogens is 4. The number of aliphatic imine (C=N–C) groups is 1. The van der Waals surface area contributed by atoms with E-state index in [0.29, 0.717) is 42.4 Å². The van der Waals surface area contributed by atoms with E-state index in [1.807, 2.05) is 0 Å². The third-order valence-electron chi connectivity index (χ3n) is 6.35. The van der Waals surface area contributed by atoms with Crippen molar-refractivity contribution in [1.82, 2.24) is 14.5 Å². The average molecular weight is 496 g/mol. The largest absolute Gasteiger partial charge is 0.431 e. The number of hydrogen-bond donors (Lipinski definition) is 2. The molecule has 3 heterocycles. The molecule has 0 atom stereocenters. The van der Waals surface area contributed by atoms with Crippen molar-refractivity contribution in [2.24, 2.45) is 10.1 Å². The Bertz CT molecular complexity index is 1430. The van der Waals surface area contributed by atoms with Gasteiger partial charge in [-0.1, -0.05) is 19.3 Å². The summed E-state index contributed by atoms with van der Waals surface area (Å²) in [5, 5.41) is 8.25. The van der Waals surface area contributed by atoms with Gasteiger partial charge < -0.3 is 9.88 Å². The fourth-order valence-electron chi connectivity index (χ4n) is 4.96. The standard InChI is InChI=1S/C21H20F4N6O2S/c22-15-9-14(34(26,32)33)4-5-16(15)29-19-28-10-12-8-13-11-27-18(21(23,24)25)20(6-2-1-3-7-20)31(13)17(12)30-19/h4-5,8-10H,1-3,6-7,11H2,(H2,26,32,33)(H,28,29,30). The number of alkyl halides is 3. The van der Waals surface area contributed by atoms with Gasteiger partial charge in [-0.2, -0.15) is 18.2 Å². The van der Waals surface area contributed by atoms with Crippen LogP contribution in [0.5, 0.6) is 0 Å². The van der Waals surface area contributed by atoms with Crippen LogP contribution in [0, 0.1) is 5.82 Å². The maximum atomic E-state index is 14.5. The van der Waals surface area contributed by atoms with Crippen molar-refractivity contribution in [3.05, 3.63) is 42.0 Å². The van der Waals surface area contributed by atoms with Crippen molar-refractivity contribution in [2.45, 2.75) is 55.3 Å². The van der Waals surface area contributed by atoms with E-state index in [4.69, 9.17) is 5.14 Å². The quantitative estimate of drug-likeness (QED) is 0.529. The summed E-state index contributed by atoms with van der Waals surface area (Å²) >= 11 is 0. The Morgan fingerprint density at radius 3 is 2.50 bits per heavy atom. The summed E-state index contributed by atoms with van der Waals surface area (Å²) in [6.45, 7) is -0.126. The number of hydrogen-bond acceptors (Lipinski definition) is 6. The summed E-state index contributed by atoms with van der Waals surface area (Å²) in [5.41, 5.74) is -1.34. The van der Waals surface area contributed by atoms with Gasteiger partial charge in [0.1, 0.15) is 17.2 Å². The number of fused-ring (bicyclic) bond motifs is 4. The van der Waals surface area contributed by atoms with Gasteiger partial charge in [0.25, 0.3) is 0 Å². The molecular weight excluding hydrogens is 476 g/mol. The topological polar surface area (TPSA) is 115 Å². The summed E-state index contributed by atoms with van der Waals surface area (Å²) < 4.78 is 81.0. The average Bonchev–Trinajstić information content (AvgIpc) is 3.13. The van der Waals surface area contributed by atoms with Gasteiger partial charge in [0, 0.05) is 17.3 Å². The highest BCUT2D eigenvalue weighted by molar-refractivity contribution is 7.89. The Morgan fingerprint density at radius 1 is 1.12 bits per heavy atom. The van der Waals surface area contributed by atoms with Crippen LogP contribution in [0.4, 0.5) is 29.2 Å². The summed E-state index contributed by atoms with van der Waals surface area (Å²) in [5.74, 6) is -0.944. The van der Waals surface area contributed by atoms with Gasteiger partial charge >= 0.3 is 6.18 Å². The van der Waals surface area contributed by atoms with Crippen LogP contribution in [0.1, 0.15) is 37.8 Å². The van der Waals surface area contributed by atoms with Crippen molar-refractivity contribution in [3.8, 4) is 0 Å². The highest BCUT2D eigenvalue weighted by Gasteiger charge is 2.54. The molecule has 1 fully saturated rings. The van der Waals surface area contributed by atoms with E-state index in [9.17, 15) is 26.0 Å².